The summed E-state index contributed by atoms with van der Waals surface area (Å²) in [5.74, 6) is -0.352. The molecule has 0 spiro atoms. The maximum atomic E-state index is 12.4. The van der Waals surface area contributed by atoms with E-state index >= 15 is 0 Å². The molecule has 0 aromatic heterocycles. The lowest BCUT2D eigenvalue weighted by molar-refractivity contribution is -0.899. The number of piperidine rings is 1. The number of rotatable bonds is 7. The first kappa shape index (κ1) is 19.6. The number of esters is 1. The average Bonchev–Trinajstić information content (AvgIpc) is 2.62. The van der Waals surface area contributed by atoms with E-state index in [2.05, 4.69) is 5.32 Å². The van der Waals surface area contributed by atoms with Crippen LogP contribution in [-0.2, 0) is 14.3 Å². The molecule has 26 heavy (non-hydrogen) atoms. The second kappa shape index (κ2) is 9.14. The molecule has 1 unspecified atom stereocenters. The molecule has 0 radical (unpaired) electrons. The van der Waals surface area contributed by atoms with E-state index in [-0.39, 0.29) is 35.7 Å². The number of carbonyl (C=O) groups is 2. The lowest BCUT2D eigenvalue weighted by Crippen LogP contribution is -3.14. The third-order valence-electron chi connectivity index (χ3n) is 4.32. The SMILES string of the molecule is CCOC(=O)[C@H]1CCC[NH+](CC(=O)Nc2cc([N+](=O)[O-])ccc2OC)C1. The normalized spacial score (nSPS) is 19.5. The van der Waals surface area contributed by atoms with E-state index in [0.717, 1.165) is 24.3 Å². The molecule has 0 aliphatic carbocycles. The third kappa shape index (κ3) is 5.16. The topological polar surface area (TPSA) is 112 Å². The Bertz CT molecular complexity index is 678. The van der Waals surface area contributed by atoms with E-state index < -0.39 is 4.92 Å². The van der Waals surface area contributed by atoms with Crippen molar-refractivity contribution in [1.29, 1.82) is 0 Å². The Labute approximate surface area is 151 Å². The van der Waals surface area contributed by atoms with Crippen LogP contribution < -0.4 is 15.0 Å². The van der Waals surface area contributed by atoms with E-state index in [9.17, 15) is 19.7 Å². The zero-order valence-electron chi connectivity index (χ0n) is 14.9. The fraction of sp³-hybridized carbons (Fsp3) is 0.529. The third-order valence-corrected chi connectivity index (χ3v) is 4.32. The number of hydrogen-bond donors (Lipinski definition) is 2. The summed E-state index contributed by atoms with van der Waals surface area (Å²) in [6, 6.07) is 4.02. The highest BCUT2D eigenvalue weighted by atomic mass is 16.6. The van der Waals surface area contributed by atoms with Crippen LogP contribution in [0.1, 0.15) is 19.8 Å². The molecule has 1 aromatic rings. The van der Waals surface area contributed by atoms with Crippen molar-refractivity contribution >= 4 is 23.3 Å². The molecule has 1 aliphatic heterocycles. The number of nitro benzene ring substituents is 1. The molecular formula is C17H24N3O6+. The predicted octanol–water partition coefficient (Wildman–Crippen LogP) is 0.400. The highest BCUT2D eigenvalue weighted by molar-refractivity contribution is 5.93. The quantitative estimate of drug-likeness (QED) is 0.410. The van der Waals surface area contributed by atoms with Crippen molar-refractivity contribution in [3.05, 3.63) is 28.3 Å². The summed E-state index contributed by atoms with van der Waals surface area (Å²) < 4.78 is 10.2. The monoisotopic (exact) mass is 366 g/mol. The molecule has 0 saturated carbocycles. The van der Waals surface area contributed by atoms with Gasteiger partial charge in [0.2, 0.25) is 0 Å². The van der Waals surface area contributed by atoms with Gasteiger partial charge in [0.15, 0.2) is 6.54 Å². The molecule has 9 heteroatoms. The smallest absolute Gasteiger partial charge is 0.314 e. The summed E-state index contributed by atoms with van der Waals surface area (Å²) in [5.41, 5.74) is 0.124. The van der Waals surface area contributed by atoms with Gasteiger partial charge in [-0.15, -0.1) is 0 Å². The fourth-order valence-electron chi connectivity index (χ4n) is 3.10. The van der Waals surface area contributed by atoms with Crippen molar-refractivity contribution in [2.75, 3.05) is 38.7 Å². The second-order valence-corrected chi connectivity index (χ2v) is 6.16. The largest absolute Gasteiger partial charge is 0.495 e. The number of amides is 1. The number of likely N-dealkylation sites (tertiary alicyclic amines) is 1. The highest BCUT2D eigenvalue weighted by Crippen LogP contribution is 2.28. The van der Waals surface area contributed by atoms with Crippen LogP contribution in [0.2, 0.25) is 0 Å². The molecule has 1 aliphatic rings. The van der Waals surface area contributed by atoms with Gasteiger partial charge in [0, 0.05) is 12.1 Å². The van der Waals surface area contributed by atoms with Crippen LogP contribution in [-0.4, -0.2) is 50.2 Å². The van der Waals surface area contributed by atoms with Gasteiger partial charge in [-0.25, -0.2) is 0 Å². The summed E-state index contributed by atoms with van der Waals surface area (Å²) >= 11 is 0. The van der Waals surface area contributed by atoms with Crippen LogP contribution in [0.3, 0.4) is 0 Å². The van der Waals surface area contributed by atoms with Crippen LogP contribution in [0, 0.1) is 16.0 Å². The maximum absolute atomic E-state index is 12.4. The number of hydrogen-bond acceptors (Lipinski definition) is 6. The first-order chi connectivity index (χ1) is 12.4. The summed E-state index contributed by atoms with van der Waals surface area (Å²) in [6.45, 7) is 3.61. The molecule has 1 heterocycles. The Morgan fingerprint density at radius 3 is 2.85 bits per heavy atom. The lowest BCUT2D eigenvalue weighted by atomic mass is 9.98. The number of benzene rings is 1. The predicted molar refractivity (Wildman–Crippen MR) is 93.2 cm³/mol. The number of nitrogens with one attached hydrogen (secondary N) is 2. The van der Waals surface area contributed by atoms with Crippen molar-refractivity contribution in [3.63, 3.8) is 0 Å². The van der Waals surface area contributed by atoms with Gasteiger partial charge in [-0.05, 0) is 25.8 Å². The lowest BCUT2D eigenvalue weighted by Gasteiger charge is -2.28. The summed E-state index contributed by atoms with van der Waals surface area (Å²) in [6.07, 6.45) is 1.61. The first-order valence-corrected chi connectivity index (χ1v) is 8.57. The van der Waals surface area contributed by atoms with Gasteiger partial charge < -0.3 is 19.7 Å². The molecule has 2 atom stereocenters. The number of nitrogens with zero attached hydrogens (tertiary/aromatic N) is 1. The molecule has 1 aromatic carbocycles. The van der Waals surface area contributed by atoms with Gasteiger partial charge in [-0.3, -0.25) is 19.7 Å². The van der Waals surface area contributed by atoms with Gasteiger partial charge in [0.25, 0.3) is 11.6 Å². The van der Waals surface area contributed by atoms with Gasteiger partial charge in [0.1, 0.15) is 11.7 Å². The van der Waals surface area contributed by atoms with Crippen LogP contribution >= 0.6 is 0 Å². The summed E-state index contributed by atoms with van der Waals surface area (Å²) in [7, 11) is 1.43. The second-order valence-electron chi connectivity index (χ2n) is 6.16. The molecule has 1 amide bonds. The van der Waals surface area contributed by atoms with Crippen LogP contribution in [0.25, 0.3) is 0 Å². The van der Waals surface area contributed by atoms with Crippen LogP contribution in [0.4, 0.5) is 11.4 Å². The zero-order valence-corrected chi connectivity index (χ0v) is 14.9. The Morgan fingerprint density at radius 2 is 2.19 bits per heavy atom. The van der Waals surface area contributed by atoms with Crippen molar-refractivity contribution in [2.45, 2.75) is 19.8 Å². The zero-order chi connectivity index (χ0) is 19.1. The number of methoxy groups -OCH3 is 1. The van der Waals surface area contributed by atoms with Gasteiger partial charge in [-0.1, -0.05) is 0 Å². The molecule has 9 nitrogen and oxygen atoms in total. The van der Waals surface area contributed by atoms with E-state index in [1.807, 2.05) is 0 Å². The van der Waals surface area contributed by atoms with E-state index in [1.165, 1.54) is 25.3 Å². The number of non-ortho nitro benzene ring substituents is 1. The van der Waals surface area contributed by atoms with Crippen molar-refractivity contribution in [3.8, 4) is 5.75 Å². The maximum Gasteiger partial charge on any atom is 0.314 e. The molecule has 1 saturated heterocycles. The van der Waals surface area contributed by atoms with Crippen LogP contribution in [0.5, 0.6) is 5.75 Å². The number of quaternary nitrogens is 1. The molecular weight excluding hydrogens is 342 g/mol. The first-order valence-electron chi connectivity index (χ1n) is 8.57. The summed E-state index contributed by atoms with van der Waals surface area (Å²) in [4.78, 5) is 35.6. The van der Waals surface area contributed by atoms with Crippen molar-refractivity contribution in [1.82, 2.24) is 0 Å². The molecule has 142 valence electrons. The van der Waals surface area contributed by atoms with Crippen LogP contribution in [0.15, 0.2) is 18.2 Å². The summed E-state index contributed by atoms with van der Waals surface area (Å²) in [5, 5.41) is 13.6. The molecule has 1 fully saturated rings. The standard InChI is InChI=1S/C17H23N3O6/c1-3-26-17(22)12-5-4-8-19(10-12)11-16(21)18-14-9-13(20(23)24)6-7-15(14)25-2/h6-7,9,12H,3-5,8,10-11H2,1-2H3,(H,18,21)/p+1/t12-/m0/s1. The van der Waals surface area contributed by atoms with Gasteiger partial charge >= 0.3 is 5.97 Å². The Balaban J connectivity index is 1.99. The van der Waals surface area contributed by atoms with Gasteiger partial charge in [-0.2, -0.15) is 0 Å². The van der Waals surface area contributed by atoms with Crippen molar-refractivity contribution in [2.24, 2.45) is 5.92 Å². The number of carbonyl (C=O) groups excluding carboxylic acids is 2. The molecule has 2 rings (SSSR count). The van der Waals surface area contributed by atoms with Crippen molar-refractivity contribution < 1.29 is 28.9 Å². The Hall–Kier alpha value is -2.68. The Morgan fingerprint density at radius 1 is 1.42 bits per heavy atom. The minimum Gasteiger partial charge on any atom is -0.495 e. The number of nitro groups is 1. The minimum absolute atomic E-state index is 0.131. The number of anilines is 1. The van der Waals surface area contributed by atoms with E-state index in [0.29, 0.717) is 18.9 Å². The average molecular weight is 366 g/mol. The number of ether oxygens (including phenoxy) is 2. The highest BCUT2D eigenvalue weighted by Gasteiger charge is 2.31. The molecule has 2 N–H and O–H groups in total. The van der Waals surface area contributed by atoms with Gasteiger partial charge in [0.05, 0.1) is 37.4 Å². The molecule has 0 bridgehead atoms. The Kier molecular flexibility index (Phi) is 6.90. The fourth-order valence-corrected chi connectivity index (χ4v) is 3.10. The minimum atomic E-state index is -0.533. The van der Waals surface area contributed by atoms with E-state index in [4.69, 9.17) is 9.47 Å². The van der Waals surface area contributed by atoms with E-state index in [1.54, 1.807) is 6.92 Å².